The van der Waals surface area contributed by atoms with Crippen molar-refractivity contribution in [1.82, 2.24) is 9.62 Å². The Labute approximate surface area is 111 Å². The molecule has 1 heterocycles. The standard InChI is InChI=1S/C10H18N2O6S/c13-9(11-3-1-10(14)15)2-8-19(16,17)12-4-6-18-7-5-12/h1-8H2,(H,11,13)(H,14,15). The topological polar surface area (TPSA) is 113 Å². The Balaban J connectivity index is 2.29. The molecule has 0 aromatic rings. The van der Waals surface area contributed by atoms with Crippen molar-refractivity contribution in [1.29, 1.82) is 0 Å². The van der Waals surface area contributed by atoms with Crippen LogP contribution in [-0.4, -0.2) is 68.3 Å². The van der Waals surface area contributed by atoms with E-state index in [0.29, 0.717) is 26.3 Å². The number of rotatable bonds is 7. The van der Waals surface area contributed by atoms with E-state index in [0.717, 1.165) is 0 Å². The predicted octanol–water partition coefficient (Wildman–Crippen LogP) is -1.37. The average Bonchev–Trinajstić information content (AvgIpc) is 2.37. The van der Waals surface area contributed by atoms with E-state index in [1.165, 1.54) is 4.31 Å². The van der Waals surface area contributed by atoms with Crippen molar-refractivity contribution >= 4 is 21.9 Å². The van der Waals surface area contributed by atoms with Gasteiger partial charge in [0.2, 0.25) is 15.9 Å². The SMILES string of the molecule is O=C(O)CCNC(=O)CCS(=O)(=O)N1CCOCC1. The molecule has 9 heteroatoms. The molecule has 0 aromatic heterocycles. The summed E-state index contributed by atoms with van der Waals surface area (Å²) in [5.41, 5.74) is 0. The number of carbonyl (C=O) groups excluding carboxylic acids is 1. The number of ether oxygens (including phenoxy) is 1. The van der Waals surface area contributed by atoms with Crippen molar-refractivity contribution in [2.75, 3.05) is 38.6 Å². The zero-order valence-corrected chi connectivity index (χ0v) is 11.3. The third-order valence-electron chi connectivity index (χ3n) is 2.61. The normalized spacial score (nSPS) is 17.1. The first-order valence-corrected chi connectivity index (χ1v) is 7.57. The van der Waals surface area contributed by atoms with Gasteiger partial charge in [0.25, 0.3) is 0 Å². The van der Waals surface area contributed by atoms with Gasteiger partial charge in [0.15, 0.2) is 0 Å². The van der Waals surface area contributed by atoms with Crippen molar-refractivity contribution in [3.8, 4) is 0 Å². The van der Waals surface area contributed by atoms with Crippen LogP contribution in [0.15, 0.2) is 0 Å². The number of aliphatic carboxylic acids is 1. The Morgan fingerprint density at radius 2 is 1.84 bits per heavy atom. The van der Waals surface area contributed by atoms with Crippen LogP contribution < -0.4 is 5.32 Å². The smallest absolute Gasteiger partial charge is 0.305 e. The second-order valence-electron chi connectivity index (χ2n) is 4.07. The fraction of sp³-hybridized carbons (Fsp3) is 0.800. The molecule has 0 saturated carbocycles. The van der Waals surface area contributed by atoms with Gasteiger partial charge < -0.3 is 15.2 Å². The maximum atomic E-state index is 11.9. The molecule has 1 fully saturated rings. The monoisotopic (exact) mass is 294 g/mol. The summed E-state index contributed by atoms with van der Waals surface area (Å²) in [5, 5.41) is 10.8. The lowest BCUT2D eigenvalue weighted by Crippen LogP contribution is -2.42. The number of carboxylic acid groups (broad SMARTS) is 1. The molecule has 0 unspecified atom stereocenters. The van der Waals surface area contributed by atoms with Crippen molar-refractivity contribution in [3.63, 3.8) is 0 Å². The number of nitrogens with zero attached hydrogens (tertiary/aromatic N) is 1. The van der Waals surface area contributed by atoms with Gasteiger partial charge in [0.05, 0.1) is 25.4 Å². The summed E-state index contributed by atoms with van der Waals surface area (Å²) in [4.78, 5) is 21.6. The Morgan fingerprint density at radius 3 is 2.42 bits per heavy atom. The van der Waals surface area contributed by atoms with Crippen LogP contribution in [0.2, 0.25) is 0 Å². The zero-order chi connectivity index (χ0) is 14.3. The van der Waals surface area contributed by atoms with Crippen LogP contribution in [0.3, 0.4) is 0 Å². The quantitative estimate of drug-likeness (QED) is 0.599. The maximum Gasteiger partial charge on any atom is 0.305 e. The van der Waals surface area contributed by atoms with E-state index in [2.05, 4.69) is 5.32 Å². The summed E-state index contributed by atoms with van der Waals surface area (Å²) in [7, 11) is -3.44. The highest BCUT2D eigenvalue weighted by molar-refractivity contribution is 7.89. The van der Waals surface area contributed by atoms with Crippen LogP contribution in [0.5, 0.6) is 0 Å². The molecule has 19 heavy (non-hydrogen) atoms. The number of hydrogen-bond acceptors (Lipinski definition) is 5. The van der Waals surface area contributed by atoms with E-state index < -0.39 is 21.9 Å². The van der Waals surface area contributed by atoms with Crippen LogP contribution >= 0.6 is 0 Å². The summed E-state index contributed by atoms with van der Waals surface area (Å²) < 4.78 is 30.1. The van der Waals surface area contributed by atoms with E-state index in [1.807, 2.05) is 0 Å². The largest absolute Gasteiger partial charge is 0.481 e. The van der Waals surface area contributed by atoms with Gasteiger partial charge >= 0.3 is 5.97 Å². The number of carbonyl (C=O) groups is 2. The molecule has 0 bridgehead atoms. The zero-order valence-electron chi connectivity index (χ0n) is 10.5. The van der Waals surface area contributed by atoms with Crippen LogP contribution in [0, 0.1) is 0 Å². The van der Waals surface area contributed by atoms with Crippen LogP contribution in [0.4, 0.5) is 0 Å². The summed E-state index contributed by atoms with van der Waals surface area (Å²) in [5.74, 6) is -1.74. The lowest BCUT2D eigenvalue weighted by Gasteiger charge is -2.25. The Hall–Kier alpha value is -1.19. The minimum absolute atomic E-state index is 0.00572. The average molecular weight is 294 g/mol. The number of nitrogens with one attached hydrogen (secondary N) is 1. The fourth-order valence-corrected chi connectivity index (χ4v) is 2.98. The number of hydrogen-bond donors (Lipinski definition) is 2. The van der Waals surface area contributed by atoms with Gasteiger partial charge in [-0.1, -0.05) is 0 Å². The maximum absolute atomic E-state index is 11.9. The molecule has 1 rings (SSSR count). The molecule has 1 saturated heterocycles. The summed E-state index contributed by atoms with van der Waals surface area (Å²) in [6.07, 6.45) is -0.346. The molecule has 2 N–H and O–H groups in total. The molecule has 0 radical (unpaired) electrons. The van der Waals surface area contributed by atoms with Gasteiger partial charge in [-0.2, -0.15) is 4.31 Å². The molecule has 0 atom stereocenters. The van der Waals surface area contributed by atoms with E-state index in [9.17, 15) is 18.0 Å². The highest BCUT2D eigenvalue weighted by atomic mass is 32.2. The predicted molar refractivity (Wildman–Crippen MR) is 66.1 cm³/mol. The Kier molecular flexibility index (Phi) is 6.19. The Bertz CT molecular complexity index is 416. The first kappa shape index (κ1) is 15.9. The van der Waals surface area contributed by atoms with Gasteiger partial charge in [0, 0.05) is 26.1 Å². The number of sulfonamides is 1. The molecule has 8 nitrogen and oxygen atoms in total. The van der Waals surface area contributed by atoms with E-state index >= 15 is 0 Å². The molecular formula is C10H18N2O6S. The highest BCUT2D eigenvalue weighted by Gasteiger charge is 2.24. The minimum Gasteiger partial charge on any atom is -0.481 e. The van der Waals surface area contributed by atoms with Gasteiger partial charge in [-0.05, 0) is 0 Å². The molecule has 1 aliphatic rings. The minimum atomic E-state index is -3.44. The second-order valence-corrected chi connectivity index (χ2v) is 6.16. The molecule has 0 spiro atoms. The van der Waals surface area contributed by atoms with Crippen molar-refractivity contribution in [2.45, 2.75) is 12.8 Å². The van der Waals surface area contributed by atoms with Crippen molar-refractivity contribution in [2.24, 2.45) is 0 Å². The van der Waals surface area contributed by atoms with E-state index in [4.69, 9.17) is 9.84 Å². The molecule has 110 valence electrons. The summed E-state index contributed by atoms with van der Waals surface area (Å²) in [6.45, 7) is 1.35. The van der Waals surface area contributed by atoms with Gasteiger partial charge in [-0.15, -0.1) is 0 Å². The van der Waals surface area contributed by atoms with Gasteiger partial charge in [-0.25, -0.2) is 8.42 Å². The Morgan fingerprint density at radius 1 is 1.21 bits per heavy atom. The molecule has 1 aliphatic heterocycles. The third-order valence-corrected chi connectivity index (χ3v) is 4.48. The van der Waals surface area contributed by atoms with Crippen molar-refractivity contribution in [3.05, 3.63) is 0 Å². The van der Waals surface area contributed by atoms with Gasteiger partial charge in [0.1, 0.15) is 0 Å². The van der Waals surface area contributed by atoms with E-state index in [-0.39, 0.29) is 25.1 Å². The van der Waals surface area contributed by atoms with Gasteiger partial charge in [-0.3, -0.25) is 9.59 Å². The van der Waals surface area contributed by atoms with Crippen LogP contribution in [-0.2, 0) is 24.3 Å². The molecule has 1 amide bonds. The van der Waals surface area contributed by atoms with E-state index in [1.54, 1.807) is 0 Å². The summed E-state index contributed by atoms with van der Waals surface area (Å²) in [6, 6.07) is 0. The van der Waals surface area contributed by atoms with Crippen LogP contribution in [0.25, 0.3) is 0 Å². The number of carboxylic acids is 1. The molecule has 0 aromatic carbocycles. The lowest BCUT2D eigenvalue weighted by molar-refractivity contribution is -0.136. The number of amides is 1. The first-order chi connectivity index (χ1) is 8.92. The summed E-state index contributed by atoms with van der Waals surface area (Å²) >= 11 is 0. The highest BCUT2D eigenvalue weighted by Crippen LogP contribution is 2.06. The molecular weight excluding hydrogens is 276 g/mol. The molecule has 0 aliphatic carbocycles. The first-order valence-electron chi connectivity index (χ1n) is 5.96. The fourth-order valence-electron chi connectivity index (χ4n) is 1.57. The third kappa shape index (κ3) is 5.99. The van der Waals surface area contributed by atoms with Crippen LogP contribution in [0.1, 0.15) is 12.8 Å². The second kappa shape index (κ2) is 7.41. The van der Waals surface area contributed by atoms with Crippen molar-refractivity contribution < 1.29 is 27.9 Å². The number of morpholine rings is 1. The lowest BCUT2D eigenvalue weighted by atomic mass is 10.4.